The molecule has 6 heteroatoms. The van der Waals surface area contributed by atoms with Crippen molar-refractivity contribution in [2.24, 2.45) is 5.10 Å². The number of hydrazone groups is 1. The Morgan fingerprint density at radius 3 is 2.67 bits per heavy atom. The van der Waals surface area contributed by atoms with Gasteiger partial charge in [0, 0.05) is 10.4 Å². The zero-order valence-corrected chi connectivity index (χ0v) is 15.2. The maximum Gasteiger partial charge on any atom is 0.271 e. The predicted molar refractivity (Wildman–Crippen MR) is 97.5 cm³/mol. The molecule has 1 aromatic carbocycles. The van der Waals surface area contributed by atoms with Gasteiger partial charge in [0.15, 0.2) is 11.5 Å². The molecule has 0 aliphatic heterocycles. The smallest absolute Gasteiger partial charge is 0.271 e. The molecule has 5 nitrogen and oxygen atoms in total. The largest absolute Gasteiger partial charge is 0.493 e. The topological polar surface area (TPSA) is 59.9 Å². The number of benzene rings is 1. The second kappa shape index (κ2) is 8.49. The number of amides is 1. The van der Waals surface area contributed by atoms with Gasteiger partial charge >= 0.3 is 0 Å². The molecule has 1 aromatic heterocycles. The van der Waals surface area contributed by atoms with E-state index in [0.29, 0.717) is 23.7 Å². The number of hydrogen-bond acceptors (Lipinski definition) is 5. The van der Waals surface area contributed by atoms with Gasteiger partial charge in [0.05, 0.1) is 24.3 Å². The van der Waals surface area contributed by atoms with E-state index in [1.165, 1.54) is 4.88 Å². The molecule has 0 fully saturated rings. The number of carbonyl (C=O) groups excluding carboxylic acids is 1. The van der Waals surface area contributed by atoms with Crippen molar-refractivity contribution in [3.8, 4) is 11.5 Å². The number of rotatable bonds is 7. The molecule has 0 bridgehead atoms. The van der Waals surface area contributed by atoms with E-state index in [1.807, 2.05) is 32.9 Å². The molecule has 24 heavy (non-hydrogen) atoms. The summed E-state index contributed by atoms with van der Waals surface area (Å²) in [5, 5.41) is 4.17. The van der Waals surface area contributed by atoms with Gasteiger partial charge in [-0.25, -0.2) is 5.43 Å². The highest BCUT2D eigenvalue weighted by Gasteiger charge is 2.11. The Hall–Kier alpha value is -2.34. The Labute approximate surface area is 146 Å². The molecular formula is C18H22N2O3S. The second-order valence-corrected chi connectivity index (χ2v) is 6.55. The van der Waals surface area contributed by atoms with Crippen LogP contribution in [-0.4, -0.2) is 25.3 Å². The van der Waals surface area contributed by atoms with Crippen LogP contribution in [0, 0.1) is 6.92 Å². The molecule has 0 saturated heterocycles. The third-order valence-corrected chi connectivity index (χ3v) is 4.42. The molecule has 0 atom stereocenters. The van der Waals surface area contributed by atoms with Crippen molar-refractivity contribution < 1.29 is 14.3 Å². The first kappa shape index (κ1) is 18.0. The number of thiophene rings is 1. The summed E-state index contributed by atoms with van der Waals surface area (Å²) in [6.45, 7) is 6.54. The van der Waals surface area contributed by atoms with Crippen molar-refractivity contribution in [2.75, 3.05) is 13.7 Å². The van der Waals surface area contributed by atoms with E-state index in [9.17, 15) is 4.79 Å². The van der Waals surface area contributed by atoms with Gasteiger partial charge in [0.25, 0.3) is 5.91 Å². The zero-order chi connectivity index (χ0) is 17.5. The zero-order valence-electron chi connectivity index (χ0n) is 14.4. The number of aryl methyl sites for hydroxylation is 1. The summed E-state index contributed by atoms with van der Waals surface area (Å²) < 4.78 is 10.9. The fourth-order valence-electron chi connectivity index (χ4n) is 2.02. The van der Waals surface area contributed by atoms with E-state index in [0.717, 1.165) is 17.0 Å². The van der Waals surface area contributed by atoms with E-state index < -0.39 is 0 Å². The van der Waals surface area contributed by atoms with Crippen LogP contribution in [0.4, 0.5) is 0 Å². The third-order valence-electron chi connectivity index (χ3n) is 3.31. The lowest BCUT2D eigenvalue weighted by atomic mass is 10.2. The highest BCUT2D eigenvalue weighted by Crippen LogP contribution is 2.28. The number of nitrogens with one attached hydrogen (secondary N) is 1. The van der Waals surface area contributed by atoms with Crippen LogP contribution < -0.4 is 14.9 Å². The van der Waals surface area contributed by atoms with E-state index in [4.69, 9.17) is 9.47 Å². The van der Waals surface area contributed by atoms with Gasteiger partial charge in [-0.3, -0.25) is 4.79 Å². The molecule has 0 aliphatic rings. The van der Waals surface area contributed by atoms with Crippen molar-refractivity contribution in [3.63, 3.8) is 0 Å². The summed E-state index contributed by atoms with van der Waals surface area (Å²) in [4.78, 5) is 14.5. The summed E-state index contributed by atoms with van der Waals surface area (Å²) in [7, 11) is 1.55. The number of carbonyl (C=O) groups is 1. The highest BCUT2D eigenvalue weighted by atomic mass is 32.1. The molecule has 1 heterocycles. The van der Waals surface area contributed by atoms with E-state index >= 15 is 0 Å². The van der Waals surface area contributed by atoms with Crippen molar-refractivity contribution in [2.45, 2.75) is 27.2 Å². The Balaban J connectivity index is 2.09. The molecule has 2 aromatic rings. The monoisotopic (exact) mass is 346 g/mol. The van der Waals surface area contributed by atoms with Crippen LogP contribution in [0.25, 0.3) is 0 Å². The van der Waals surface area contributed by atoms with Crippen molar-refractivity contribution in [3.05, 3.63) is 45.6 Å². The summed E-state index contributed by atoms with van der Waals surface area (Å²) in [6.07, 6.45) is 0.904. The Bertz CT molecular complexity index is 738. The van der Waals surface area contributed by atoms with E-state index in [-0.39, 0.29) is 5.91 Å². The average molecular weight is 346 g/mol. The van der Waals surface area contributed by atoms with Gasteiger partial charge in [-0.15, -0.1) is 11.3 Å². The fraction of sp³-hybridized carbons (Fsp3) is 0.333. The van der Waals surface area contributed by atoms with Crippen LogP contribution in [0.5, 0.6) is 11.5 Å². The Morgan fingerprint density at radius 2 is 2.04 bits per heavy atom. The molecule has 0 saturated carbocycles. The standard InChI is InChI=1S/C18H22N2O3S/c1-5-10-23-15-8-7-14(11-16(15)22-4)18(21)20-19-13(3)17-9-6-12(2)24-17/h6-9,11H,5,10H2,1-4H3,(H,20,21)/b19-13-. The van der Waals surface area contributed by atoms with Crippen molar-refractivity contribution >= 4 is 23.0 Å². The minimum atomic E-state index is -0.289. The van der Waals surface area contributed by atoms with Gasteiger partial charge < -0.3 is 9.47 Å². The van der Waals surface area contributed by atoms with Crippen LogP contribution in [0.1, 0.15) is 40.4 Å². The number of nitrogens with zero attached hydrogens (tertiary/aromatic N) is 1. The second-order valence-electron chi connectivity index (χ2n) is 5.26. The van der Waals surface area contributed by atoms with Crippen LogP contribution >= 0.6 is 11.3 Å². The lowest BCUT2D eigenvalue weighted by Crippen LogP contribution is -2.19. The molecule has 0 radical (unpaired) electrons. The summed E-state index contributed by atoms with van der Waals surface area (Å²) in [5.74, 6) is 0.873. The summed E-state index contributed by atoms with van der Waals surface area (Å²) in [5.41, 5.74) is 3.82. The number of ether oxygens (including phenoxy) is 2. The van der Waals surface area contributed by atoms with Crippen LogP contribution in [0.15, 0.2) is 35.4 Å². The molecule has 0 spiro atoms. The van der Waals surface area contributed by atoms with Crippen molar-refractivity contribution in [1.82, 2.24) is 5.43 Å². The van der Waals surface area contributed by atoms with E-state index in [2.05, 4.69) is 10.5 Å². The Morgan fingerprint density at radius 1 is 1.25 bits per heavy atom. The van der Waals surface area contributed by atoms with Gasteiger partial charge in [-0.1, -0.05) is 6.92 Å². The highest BCUT2D eigenvalue weighted by molar-refractivity contribution is 7.14. The van der Waals surface area contributed by atoms with Crippen molar-refractivity contribution in [1.29, 1.82) is 0 Å². The molecule has 0 aliphatic carbocycles. The Kier molecular flexibility index (Phi) is 6.37. The quantitative estimate of drug-likeness (QED) is 0.609. The fourth-order valence-corrected chi connectivity index (χ4v) is 2.84. The minimum absolute atomic E-state index is 0.289. The molecule has 128 valence electrons. The first-order valence-corrected chi connectivity index (χ1v) is 8.59. The first-order valence-electron chi connectivity index (χ1n) is 7.77. The van der Waals surface area contributed by atoms with Gasteiger partial charge in [0.1, 0.15) is 0 Å². The SMILES string of the molecule is CCCOc1ccc(C(=O)N/N=C(/C)c2ccc(C)s2)cc1OC. The lowest BCUT2D eigenvalue weighted by Gasteiger charge is -2.11. The molecular weight excluding hydrogens is 324 g/mol. The minimum Gasteiger partial charge on any atom is -0.493 e. The van der Waals surface area contributed by atoms with Gasteiger partial charge in [-0.2, -0.15) is 5.10 Å². The number of hydrogen-bond donors (Lipinski definition) is 1. The maximum absolute atomic E-state index is 12.3. The third kappa shape index (κ3) is 4.58. The molecule has 0 unspecified atom stereocenters. The summed E-state index contributed by atoms with van der Waals surface area (Å²) >= 11 is 1.64. The maximum atomic E-state index is 12.3. The van der Waals surface area contributed by atoms with E-state index in [1.54, 1.807) is 36.6 Å². The normalized spacial score (nSPS) is 11.2. The first-order chi connectivity index (χ1) is 11.5. The predicted octanol–water partition coefficient (Wildman–Crippen LogP) is 4.01. The van der Waals surface area contributed by atoms with Crippen LogP contribution in [-0.2, 0) is 0 Å². The lowest BCUT2D eigenvalue weighted by molar-refractivity contribution is 0.0954. The summed E-state index contributed by atoms with van der Waals surface area (Å²) in [6, 6.07) is 9.11. The van der Waals surface area contributed by atoms with Crippen LogP contribution in [0.2, 0.25) is 0 Å². The van der Waals surface area contributed by atoms with Crippen LogP contribution in [0.3, 0.4) is 0 Å². The van der Waals surface area contributed by atoms with Gasteiger partial charge in [-0.05, 0) is 50.6 Å². The number of methoxy groups -OCH3 is 1. The molecule has 1 N–H and O–H groups in total. The van der Waals surface area contributed by atoms with Gasteiger partial charge in [0.2, 0.25) is 0 Å². The molecule has 2 rings (SSSR count). The average Bonchev–Trinajstić information content (AvgIpc) is 3.03. The molecule has 1 amide bonds.